The first-order valence-corrected chi connectivity index (χ1v) is 8.00. The Bertz CT molecular complexity index is 657. The molecule has 0 amide bonds. The molecule has 2 heterocycles. The number of halogens is 1. The topological polar surface area (TPSA) is 34.1 Å². The molecule has 0 aliphatic carbocycles. The highest BCUT2D eigenvalue weighted by molar-refractivity contribution is 9.10. The van der Waals surface area contributed by atoms with E-state index in [1.54, 1.807) is 0 Å². The smallest absolute Gasteiger partial charge is 0.125 e. The molecule has 1 aliphatic heterocycles. The van der Waals surface area contributed by atoms with Crippen LogP contribution < -0.4 is 10.1 Å². The highest BCUT2D eigenvalue weighted by atomic mass is 79.9. The molecule has 110 valence electrons. The zero-order chi connectivity index (χ0) is 14.8. The van der Waals surface area contributed by atoms with Crippen LogP contribution in [0, 0.1) is 6.92 Å². The van der Waals surface area contributed by atoms with Gasteiger partial charge in [0.15, 0.2) is 0 Å². The van der Waals surface area contributed by atoms with Crippen LogP contribution in [0.4, 0.5) is 0 Å². The van der Waals surface area contributed by atoms with Gasteiger partial charge in [-0.1, -0.05) is 15.9 Å². The van der Waals surface area contributed by atoms with Crippen LogP contribution in [0.25, 0.3) is 0 Å². The third kappa shape index (κ3) is 3.11. The zero-order valence-corrected chi connectivity index (χ0v) is 13.9. The number of hydrogen-bond acceptors (Lipinski definition) is 3. The summed E-state index contributed by atoms with van der Waals surface area (Å²) in [5, 5.41) is 3.41. The molecule has 4 heteroatoms. The third-order valence-corrected chi connectivity index (χ3v) is 4.38. The van der Waals surface area contributed by atoms with E-state index < -0.39 is 0 Å². The number of aromatic nitrogens is 1. The molecule has 21 heavy (non-hydrogen) atoms. The van der Waals surface area contributed by atoms with Gasteiger partial charge in [0.25, 0.3) is 0 Å². The van der Waals surface area contributed by atoms with E-state index in [1.165, 1.54) is 16.7 Å². The van der Waals surface area contributed by atoms with Crippen molar-refractivity contribution in [3.8, 4) is 5.75 Å². The van der Waals surface area contributed by atoms with Crippen molar-refractivity contribution in [3.05, 3.63) is 57.3 Å². The predicted molar refractivity (Wildman–Crippen MR) is 87.8 cm³/mol. The molecular formula is C17H19BrN2O. The van der Waals surface area contributed by atoms with Gasteiger partial charge in [0.1, 0.15) is 5.75 Å². The number of nitrogens with zero attached hydrogens (tertiary/aromatic N) is 1. The van der Waals surface area contributed by atoms with E-state index in [9.17, 15) is 0 Å². The summed E-state index contributed by atoms with van der Waals surface area (Å²) in [7, 11) is 2.00. The molecule has 0 bridgehead atoms. The van der Waals surface area contributed by atoms with Crippen LogP contribution >= 0.6 is 15.9 Å². The van der Waals surface area contributed by atoms with E-state index >= 15 is 0 Å². The molecule has 0 saturated carbocycles. The number of nitrogens with one attached hydrogen (secondary N) is 1. The number of hydrogen-bond donors (Lipinski definition) is 1. The van der Waals surface area contributed by atoms with Gasteiger partial charge in [0, 0.05) is 28.8 Å². The molecule has 3 rings (SSSR count). The van der Waals surface area contributed by atoms with Gasteiger partial charge in [-0.3, -0.25) is 4.98 Å². The van der Waals surface area contributed by atoms with Gasteiger partial charge in [-0.2, -0.15) is 0 Å². The summed E-state index contributed by atoms with van der Waals surface area (Å²) in [4.78, 5) is 4.28. The van der Waals surface area contributed by atoms with E-state index in [2.05, 4.69) is 50.5 Å². The van der Waals surface area contributed by atoms with Gasteiger partial charge in [-0.15, -0.1) is 0 Å². The Morgan fingerprint density at radius 3 is 3.00 bits per heavy atom. The lowest BCUT2D eigenvalue weighted by Crippen LogP contribution is -2.19. The minimum Gasteiger partial charge on any atom is -0.493 e. The van der Waals surface area contributed by atoms with Crippen LogP contribution in [0.15, 0.2) is 34.9 Å². The van der Waals surface area contributed by atoms with Crippen molar-refractivity contribution < 1.29 is 4.74 Å². The van der Waals surface area contributed by atoms with Crippen LogP contribution in [-0.2, 0) is 12.8 Å². The fourth-order valence-electron chi connectivity index (χ4n) is 2.89. The van der Waals surface area contributed by atoms with E-state index in [0.29, 0.717) is 0 Å². The van der Waals surface area contributed by atoms with Crippen molar-refractivity contribution in [2.75, 3.05) is 13.7 Å². The molecule has 3 nitrogen and oxygen atoms in total. The second-order valence-corrected chi connectivity index (χ2v) is 6.34. The molecule has 1 atom stereocenters. The monoisotopic (exact) mass is 346 g/mol. The summed E-state index contributed by atoms with van der Waals surface area (Å²) in [6.07, 6.45) is 3.78. The molecule has 2 aromatic rings. The summed E-state index contributed by atoms with van der Waals surface area (Å²) in [6, 6.07) is 8.81. The summed E-state index contributed by atoms with van der Waals surface area (Å²) in [5.41, 5.74) is 4.87. The molecule has 0 radical (unpaired) electrons. The number of rotatable bonds is 4. The number of pyridine rings is 1. The molecule has 1 N–H and O–H groups in total. The average molecular weight is 347 g/mol. The van der Waals surface area contributed by atoms with Gasteiger partial charge in [-0.05, 0) is 61.3 Å². The quantitative estimate of drug-likeness (QED) is 0.918. The summed E-state index contributed by atoms with van der Waals surface area (Å²) in [5.74, 6) is 1.07. The first kappa shape index (κ1) is 14.5. The maximum Gasteiger partial charge on any atom is 0.125 e. The van der Waals surface area contributed by atoms with Gasteiger partial charge in [-0.25, -0.2) is 0 Å². The summed E-state index contributed by atoms with van der Waals surface area (Å²) < 4.78 is 6.96. The Kier molecular flexibility index (Phi) is 4.27. The molecule has 1 aromatic heterocycles. The summed E-state index contributed by atoms with van der Waals surface area (Å²) >= 11 is 3.61. The molecule has 0 saturated heterocycles. The van der Waals surface area contributed by atoms with Gasteiger partial charge in [0.2, 0.25) is 0 Å². The SMILES string of the molecule is CNC(Cc1cc(Br)cc2c1OCC2)c1ccnc(C)c1. The zero-order valence-electron chi connectivity index (χ0n) is 12.3. The van der Waals surface area contributed by atoms with Crippen molar-refractivity contribution in [3.63, 3.8) is 0 Å². The third-order valence-electron chi connectivity index (χ3n) is 3.92. The Hall–Kier alpha value is -1.39. The minimum atomic E-state index is 0.259. The second kappa shape index (κ2) is 6.16. The number of aryl methyl sites for hydroxylation is 1. The van der Waals surface area contributed by atoms with Gasteiger partial charge in [0.05, 0.1) is 6.61 Å². The molecular weight excluding hydrogens is 328 g/mol. The Morgan fingerprint density at radius 2 is 2.24 bits per heavy atom. The number of fused-ring (bicyclic) bond motifs is 1. The predicted octanol–water partition coefficient (Wildman–Crippen LogP) is 3.59. The number of likely N-dealkylation sites (N-methyl/N-ethyl adjacent to an activating group) is 1. The maximum absolute atomic E-state index is 5.83. The first-order chi connectivity index (χ1) is 10.2. The molecule has 1 aliphatic rings. The molecule has 1 aromatic carbocycles. The molecule has 0 spiro atoms. The highest BCUT2D eigenvalue weighted by Gasteiger charge is 2.20. The van der Waals surface area contributed by atoms with Crippen LogP contribution in [0.3, 0.4) is 0 Å². The van der Waals surface area contributed by atoms with E-state index in [1.807, 2.05) is 20.2 Å². The first-order valence-electron chi connectivity index (χ1n) is 7.21. The van der Waals surface area contributed by atoms with Crippen molar-refractivity contribution in [2.45, 2.75) is 25.8 Å². The van der Waals surface area contributed by atoms with Crippen LogP contribution in [0.5, 0.6) is 5.75 Å². The Balaban J connectivity index is 1.91. The van der Waals surface area contributed by atoms with Crippen LogP contribution in [0.1, 0.15) is 28.4 Å². The van der Waals surface area contributed by atoms with Crippen LogP contribution in [0.2, 0.25) is 0 Å². The Labute approximate surface area is 133 Å². The fraction of sp³-hybridized carbons (Fsp3) is 0.353. The second-order valence-electron chi connectivity index (χ2n) is 5.43. The molecule has 0 fully saturated rings. The lowest BCUT2D eigenvalue weighted by atomic mass is 9.97. The lowest BCUT2D eigenvalue weighted by molar-refractivity contribution is 0.352. The largest absolute Gasteiger partial charge is 0.493 e. The maximum atomic E-state index is 5.83. The highest BCUT2D eigenvalue weighted by Crippen LogP contribution is 2.35. The van der Waals surface area contributed by atoms with Crippen molar-refractivity contribution >= 4 is 15.9 Å². The van der Waals surface area contributed by atoms with Crippen LogP contribution in [-0.4, -0.2) is 18.6 Å². The van der Waals surface area contributed by atoms with E-state index in [0.717, 1.165) is 35.4 Å². The lowest BCUT2D eigenvalue weighted by Gasteiger charge is -2.19. The Morgan fingerprint density at radius 1 is 1.38 bits per heavy atom. The number of benzene rings is 1. The number of ether oxygens (including phenoxy) is 1. The van der Waals surface area contributed by atoms with Crippen molar-refractivity contribution in [2.24, 2.45) is 0 Å². The van der Waals surface area contributed by atoms with Crippen molar-refractivity contribution in [1.29, 1.82) is 0 Å². The summed E-state index contributed by atoms with van der Waals surface area (Å²) in [6.45, 7) is 2.81. The van der Waals surface area contributed by atoms with Gasteiger partial charge < -0.3 is 10.1 Å². The van der Waals surface area contributed by atoms with Crippen molar-refractivity contribution in [1.82, 2.24) is 10.3 Å². The van der Waals surface area contributed by atoms with Gasteiger partial charge >= 0.3 is 0 Å². The van der Waals surface area contributed by atoms with E-state index in [4.69, 9.17) is 4.74 Å². The van der Waals surface area contributed by atoms with E-state index in [-0.39, 0.29) is 6.04 Å². The standard InChI is InChI=1S/C17H19BrN2O/c1-11-7-12(3-5-20-11)16(19-2)10-14-9-15(18)8-13-4-6-21-17(13)14/h3,5,7-9,16,19H,4,6,10H2,1-2H3. The minimum absolute atomic E-state index is 0.259. The fourth-order valence-corrected chi connectivity index (χ4v) is 3.44. The average Bonchev–Trinajstić information content (AvgIpc) is 2.92. The normalized spacial score (nSPS) is 14.6. The molecule has 1 unspecified atom stereocenters.